The molecule has 0 radical (unpaired) electrons. The van der Waals surface area contributed by atoms with Crippen LogP contribution in [-0.2, 0) is 0 Å². The molecule has 4 nitrogen and oxygen atoms in total. The van der Waals surface area contributed by atoms with Gasteiger partial charge in [0.25, 0.3) is 6.71 Å². The van der Waals surface area contributed by atoms with Crippen LogP contribution in [0.25, 0.3) is 32.7 Å². The Balaban J connectivity index is 1.13. The molecule has 0 bridgehead atoms. The van der Waals surface area contributed by atoms with Gasteiger partial charge in [0.15, 0.2) is 0 Å². The Bertz CT molecular complexity index is 2620. The maximum Gasteiger partial charge on any atom is 0.261 e. The largest absolute Gasteiger partial charge is 0.458 e. The van der Waals surface area contributed by atoms with E-state index in [9.17, 15) is 0 Å². The highest BCUT2D eigenvalue weighted by molar-refractivity contribution is 6.99. The van der Waals surface area contributed by atoms with Crippen molar-refractivity contribution in [1.82, 2.24) is 0 Å². The molecular weight excluding hydrogens is 601 g/mol. The molecule has 3 aliphatic heterocycles. The van der Waals surface area contributed by atoms with Crippen molar-refractivity contribution in [2.75, 3.05) is 4.90 Å². The topological polar surface area (TPSA) is 30.9 Å². The molecule has 0 atom stereocenters. The summed E-state index contributed by atoms with van der Waals surface area (Å²) in [6.07, 6.45) is 0. The molecule has 5 heteroatoms. The highest BCUT2D eigenvalue weighted by Gasteiger charge is 2.42. The third kappa shape index (κ3) is 3.81. The van der Waals surface area contributed by atoms with E-state index in [0.29, 0.717) is 0 Å². The maximum absolute atomic E-state index is 6.86. The van der Waals surface area contributed by atoms with Crippen molar-refractivity contribution >= 4 is 61.7 Å². The first-order valence-electron chi connectivity index (χ1n) is 16.6. The molecule has 49 heavy (non-hydrogen) atoms. The van der Waals surface area contributed by atoms with E-state index in [4.69, 9.17) is 14.2 Å². The zero-order valence-electron chi connectivity index (χ0n) is 26.3. The minimum absolute atomic E-state index is 0.0661. The molecule has 0 spiro atoms. The Kier molecular flexibility index (Phi) is 5.44. The van der Waals surface area contributed by atoms with Crippen molar-refractivity contribution in [3.8, 4) is 45.6 Å². The Labute approximate surface area is 283 Å². The zero-order valence-corrected chi connectivity index (χ0v) is 26.3. The minimum Gasteiger partial charge on any atom is -0.458 e. The number of para-hydroxylation sites is 2. The van der Waals surface area contributed by atoms with Crippen LogP contribution in [0.5, 0.6) is 34.5 Å². The Morgan fingerprint density at radius 1 is 0.408 bits per heavy atom. The van der Waals surface area contributed by atoms with Crippen LogP contribution < -0.4 is 35.5 Å². The van der Waals surface area contributed by atoms with E-state index in [1.165, 1.54) is 10.8 Å². The second-order valence-corrected chi connectivity index (χ2v) is 12.8. The molecule has 0 unspecified atom stereocenters. The van der Waals surface area contributed by atoms with Gasteiger partial charge in [0, 0.05) is 33.2 Å². The lowest BCUT2D eigenvalue weighted by Gasteiger charge is -2.34. The monoisotopic (exact) mass is 627 g/mol. The lowest BCUT2D eigenvalue weighted by molar-refractivity contribution is 0.461. The van der Waals surface area contributed by atoms with E-state index >= 15 is 0 Å². The van der Waals surface area contributed by atoms with Gasteiger partial charge in [-0.1, -0.05) is 91.0 Å². The van der Waals surface area contributed by atoms with Gasteiger partial charge in [0.2, 0.25) is 0 Å². The summed E-state index contributed by atoms with van der Waals surface area (Å²) < 4.78 is 20.1. The molecule has 0 fully saturated rings. The molecule has 3 aliphatic rings. The Hall–Kier alpha value is -6.46. The van der Waals surface area contributed by atoms with Crippen molar-refractivity contribution in [3.05, 3.63) is 158 Å². The third-order valence-corrected chi connectivity index (χ3v) is 10.2. The van der Waals surface area contributed by atoms with Crippen molar-refractivity contribution in [2.45, 2.75) is 0 Å². The number of anilines is 3. The standard InChI is InChI=1S/C44H26BNO3/c1-3-12-28(13-4-1)46(29-14-5-2-6-15-29)35-23-22-31-33-25-41-34(26-40(33)47-36-18-9-17-32(35)42(31)36)45-43-30-16-8-7-11-27(30)21-24-39(43)48-37-19-10-20-38(49-41)44(37)45/h1-26H. The fraction of sp³-hybridized carbons (Fsp3) is 0. The molecular formula is C44H26BNO3. The van der Waals surface area contributed by atoms with Crippen LogP contribution in [0.15, 0.2) is 158 Å². The number of ether oxygens (including phenoxy) is 3. The SMILES string of the molecule is c1ccc(N(c2ccccc2)c2ccc3c4c(cccc24)Oc2cc4c(cc2-3)Oc2cccc3c2B4c2c(ccc4ccccc24)O3)cc1. The molecule has 8 aromatic rings. The minimum atomic E-state index is -0.0661. The van der Waals surface area contributed by atoms with Crippen LogP contribution in [0.4, 0.5) is 17.1 Å². The number of rotatable bonds is 3. The summed E-state index contributed by atoms with van der Waals surface area (Å²) in [6.45, 7) is -0.0661. The van der Waals surface area contributed by atoms with Crippen molar-refractivity contribution in [2.24, 2.45) is 0 Å². The summed E-state index contributed by atoms with van der Waals surface area (Å²) in [6, 6.07) is 55.1. The summed E-state index contributed by atoms with van der Waals surface area (Å²) in [5.74, 6) is 5.05. The number of nitrogens with zero attached hydrogens (tertiary/aromatic N) is 1. The van der Waals surface area contributed by atoms with Crippen molar-refractivity contribution in [3.63, 3.8) is 0 Å². The summed E-state index contributed by atoms with van der Waals surface area (Å²) >= 11 is 0. The third-order valence-electron chi connectivity index (χ3n) is 10.2. The maximum atomic E-state index is 6.86. The van der Waals surface area contributed by atoms with Crippen LogP contribution >= 0.6 is 0 Å². The smallest absolute Gasteiger partial charge is 0.261 e. The van der Waals surface area contributed by atoms with Crippen LogP contribution in [0.2, 0.25) is 0 Å². The van der Waals surface area contributed by atoms with E-state index in [2.05, 4.69) is 144 Å². The van der Waals surface area contributed by atoms with E-state index < -0.39 is 0 Å². The van der Waals surface area contributed by atoms with Crippen molar-refractivity contribution < 1.29 is 14.2 Å². The van der Waals surface area contributed by atoms with Gasteiger partial charge >= 0.3 is 0 Å². The van der Waals surface area contributed by atoms with Crippen LogP contribution in [-0.4, -0.2) is 6.71 Å². The van der Waals surface area contributed by atoms with Crippen LogP contribution in [0.1, 0.15) is 0 Å². The summed E-state index contributed by atoms with van der Waals surface area (Å²) in [5, 5.41) is 4.57. The number of benzene rings is 8. The molecule has 11 rings (SSSR count). The van der Waals surface area contributed by atoms with E-state index in [1.54, 1.807) is 0 Å². The van der Waals surface area contributed by atoms with Gasteiger partial charge in [0.1, 0.15) is 34.5 Å². The average molecular weight is 628 g/mol. The fourth-order valence-electron chi connectivity index (χ4n) is 8.09. The first kappa shape index (κ1) is 26.6. The quantitative estimate of drug-likeness (QED) is 0.183. The molecule has 0 amide bonds. The van der Waals surface area contributed by atoms with Gasteiger partial charge in [-0.05, 0) is 94.0 Å². The first-order chi connectivity index (χ1) is 24.3. The van der Waals surface area contributed by atoms with E-state index in [-0.39, 0.29) is 6.71 Å². The molecule has 3 heterocycles. The summed E-state index contributed by atoms with van der Waals surface area (Å²) in [4.78, 5) is 2.32. The highest BCUT2D eigenvalue weighted by Crippen LogP contribution is 2.51. The van der Waals surface area contributed by atoms with Gasteiger partial charge < -0.3 is 19.1 Å². The molecule has 0 saturated carbocycles. The molecule has 0 N–H and O–H groups in total. The average Bonchev–Trinajstić information content (AvgIpc) is 3.16. The number of hydrogen-bond acceptors (Lipinski definition) is 4. The van der Waals surface area contributed by atoms with Crippen molar-refractivity contribution in [1.29, 1.82) is 0 Å². The zero-order chi connectivity index (χ0) is 32.1. The highest BCUT2D eigenvalue weighted by atomic mass is 16.5. The normalized spacial score (nSPS) is 12.9. The molecule has 0 saturated heterocycles. The van der Waals surface area contributed by atoms with Crippen LogP contribution in [0.3, 0.4) is 0 Å². The van der Waals surface area contributed by atoms with E-state index in [1.807, 2.05) is 18.2 Å². The first-order valence-corrected chi connectivity index (χ1v) is 16.6. The van der Waals surface area contributed by atoms with Gasteiger partial charge in [-0.2, -0.15) is 0 Å². The van der Waals surface area contributed by atoms with Crippen LogP contribution in [0, 0.1) is 0 Å². The Morgan fingerprint density at radius 3 is 1.84 bits per heavy atom. The van der Waals surface area contributed by atoms with Gasteiger partial charge in [0.05, 0.1) is 5.69 Å². The lowest BCUT2D eigenvalue weighted by atomic mass is 9.34. The predicted octanol–water partition coefficient (Wildman–Crippen LogP) is 9.96. The molecule has 228 valence electrons. The fourth-order valence-corrected chi connectivity index (χ4v) is 8.09. The molecule has 0 aliphatic carbocycles. The van der Waals surface area contributed by atoms with Gasteiger partial charge in [-0.25, -0.2) is 0 Å². The number of hydrogen-bond donors (Lipinski definition) is 0. The Morgan fingerprint density at radius 2 is 1.04 bits per heavy atom. The molecule has 8 aromatic carbocycles. The van der Waals surface area contributed by atoms with Gasteiger partial charge in [-0.3, -0.25) is 0 Å². The molecule has 0 aromatic heterocycles. The van der Waals surface area contributed by atoms with E-state index in [0.717, 1.165) is 89.8 Å². The lowest BCUT2D eigenvalue weighted by Crippen LogP contribution is -2.57. The number of fused-ring (bicyclic) bond motifs is 8. The second kappa shape index (κ2) is 10.0. The summed E-state index contributed by atoms with van der Waals surface area (Å²) in [5.41, 5.74) is 8.71. The van der Waals surface area contributed by atoms with Gasteiger partial charge in [-0.15, -0.1) is 0 Å². The predicted molar refractivity (Wildman–Crippen MR) is 199 cm³/mol. The second-order valence-electron chi connectivity index (χ2n) is 12.8. The summed E-state index contributed by atoms with van der Waals surface area (Å²) in [7, 11) is 0.